The molecule has 0 spiro atoms. The van der Waals surface area contributed by atoms with Crippen LogP contribution in [-0.2, 0) is 11.2 Å². The lowest BCUT2D eigenvalue weighted by atomic mass is 10.1. The van der Waals surface area contributed by atoms with E-state index in [-0.39, 0.29) is 18.0 Å². The Balaban J connectivity index is 2.04. The summed E-state index contributed by atoms with van der Waals surface area (Å²) in [6, 6.07) is 2.93. The van der Waals surface area contributed by atoms with E-state index in [1.807, 2.05) is 20.8 Å². The minimum Gasteiger partial charge on any atom is -0.444 e. The van der Waals surface area contributed by atoms with Crippen molar-refractivity contribution < 1.29 is 13.9 Å². The van der Waals surface area contributed by atoms with Gasteiger partial charge < -0.3 is 9.64 Å². The van der Waals surface area contributed by atoms with Crippen molar-refractivity contribution in [2.24, 2.45) is 0 Å². The molecule has 1 fully saturated rings. The summed E-state index contributed by atoms with van der Waals surface area (Å²) in [4.78, 5) is 17.9. The second kappa shape index (κ2) is 5.77. The van der Waals surface area contributed by atoms with Gasteiger partial charge in [-0.05, 0) is 45.7 Å². The molecular weight excluding hydrogens is 259 g/mol. The van der Waals surface area contributed by atoms with E-state index in [1.165, 1.54) is 6.07 Å². The SMILES string of the molecule is CC(C)(C)OC(=O)N1CCCC1Cc1ncccc1F. The first-order chi connectivity index (χ1) is 9.37. The quantitative estimate of drug-likeness (QED) is 0.835. The van der Waals surface area contributed by atoms with Crippen LogP contribution in [0, 0.1) is 5.82 Å². The van der Waals surface area contributed by atoms with Gasteiger partial charge in [0.15, 0.2) is 0 Å². The molecule has 0 aromatic carbocycles. The third kappa shape index (κ3) is 3.68. The van der Waals surface area contributed by atoms with Crippen LogP contribution in [0.4, 0.5) is 9.18 Å². The van der Waals surface area contributed by atoms with Crippen molar-refractivity contribution in [1.29, 1.82) is 0 Å². The predicted octanol–water partition coefficient (Wildman–Crippen LogP) is 3.16. The topological polar surface area (TPSA) is 42.4 Å². The monoisotopic (exact) mass is 280 g/mol. The van der Waals surface area contributed by atoms with Gasteiger partial charge in [-0.2, -0.15) is 0 Å². The molecule has 110 valence electrons. The number of pyridine rings is 1. The van der Waals surface area contributed by atoms with Crippen LogP contribution in [0.5, 0.6) is 0 Å². The van der Waals surface area contributed by atoms with Crippen LogP contribution in [0.25, 0.3) is 0 Å². The Hall–Kier alpha value is -1.65. The normalized spacial score (nSPS) is 19.2. The summed E-state index contributed by atoms with van der Waals surface area (Å²) in [5, 5.41) is 0. The summed E-state index contributed by atoms with van der Waals surface area (Å²) >= 11 is 0. The van der Waals surface area contributed by atoms with Crippen molar-refractivity contribution in [1.82, 2.24) is 9.88 Å². The number of ether oxygens (including phenoxy) is 1. The fourth-order valence-corrected chi connectivity index (χ4v) is 2.40. The van der Waals surface area contributed by atoms with Crippen LogP contribution in [0.1, 0.15) is 39.3 Å². The summed E-state index contributed by atoms with van der Waals surface area (Å²) in [7, 11) is 0. The zero-order chi connectivity index (χ0) is 14.8. The Kier molecular flexibility index (Phi) is 4.26. The second-order valence-corrected chi connectivity index (χ2v) is 6.11. The standard InChI is InChI=1S/C15H21FN2O2/c1-15(2,3)20-14(19)18-9-5-6-11(18)10-13-12(16)7-4-8-17-13/h4,7-8,11H,5-6,9-10H2,1-3H3. The largest absolute Gasteiger partial charge is 0.444 e. The fourth-order valence-electron chi connectivity index (χ4n) is 2.40. The van der Waals surface area contributed by atoms with Crippen LogP contribution in [-0.4, -0.2) is 34.2 Å². The van der Waals surface area contributed by atoms with E-state index in [2.05, 4.69) is 4.98 Å². The van der Waals surface area contributed by atoms with Gasteiger partial charge >= 0.3 is 6.09 Å². The molecule has 0 radical (unpaired) electrons. The number of halogens is 1. The van der Waals surface area contributed by atoms with Crippen molar-refractivity contribution in [2.45, 2.75) is 51.7 Å². The van der Waals surface area contributed by atoms with Crippen LogP contribution < -0.4 is 0 Å². The van der Waals surface area contributed by atoms with Crippen molar-refractivity contribution >= 4 is 6.09 Å². The highest BCUT2D eigenvalue weighted by atomic mass is 19.1. The van der Waals surface area contributed by atoms with E-state index in [1.54, 1.807) is 17.2 Å². The third-order valence-electron chi connectivity index (χ3n) is 3.27. The minimum absolute atomic E-state index is 0.0331. The molecule has 2 heterocycles. The van der Waals surface area contributed by atoms with Gasteiger partial charge in [0.2, 0.25) is 0 Å². The molecule has 0 aliphatic carbocycles. The third-order valence-corrected chi connectivity index (χ3v) is 3.27. The number of nitrogens with zero attached hydrogens (tertiary/aromatic N) is 2. The van der Waals surface area contributed by atoms with E-state index in [9.17, 15) is 9.18 Å². The van der Waals surface area contributed by atoms with Crippen LogP contribution in [0.3, 0.4) is 0 Å². The molecule has 1 unspecified atom stereocenters. The highest BCUT2D eigenvalue weighted by Gasteiger charge is 2.32. The maximum Gasteiger partial charge on any atom is 0.410 e. The van der Waals surface area contributed by atoms with E-state index in [0.717, 1.165) is 12.8 Å². The first-order valence-corrected chi connectivity index (χ1v) is 6.96. The van der Waals surface area contributed by atoms with Crippen LogP contribution >= 0.6 is 0 Å². The molecular formula is C15H21FN2O2. The average Bonchev–Trinajstić information content (AvgIpc) is 2.78. The Morgan fingerprint density at radius 3 is 2.95 bits per heavy atom. The molecule has 0 saturated carbocycles. The number of hydrogen-bond acceptors (Lipinski definition) is 3. The molecule has 0 N–H and O–H groups in total. The highest BCUT2D eigenvalue weighted by molar-refractivity contribution is 5.69. The second-order valence-electron chi connectivity index (χ2n) is 6.11. The molecule has 1 aliphatic heterocycles. The zero-order valence-corrected chi connectivity index (χ0v) is 12.2. The molecule has 1 amide bonds. The summed E-state index contributed by atoms with van der Waals surface area (Å²) in [6.07, 6.45) is 3.46. The first-order valence-electron chi connectivity index (χ1n) is 6.96. The van der Waals surface area contributed by atoms with Crippen LogP contribution in [0.2, 0.25) is 0 Å². The maximum atomic E-state index is 13.6. The van der Waals surface area contributed by atoms with Gasteiger partial charge in [0.1, 0.15) is 11.4 Å². The van der Waals surface area contributed by atoms with Crippen LogP contribution in [0.15, 0.2) is 18.3 Å². The van der Waals surface area contributed by atoms with E-state index in [4.69, 9.17) is 4.74 Å². The summed E-state index contributed by atoms with van der Waals surface area (Å²) in [5.74, 6) is -0.316. The molecule has 0 bridgehead atoms. The Morgan fingerprint density at radius 2 is 2.30 bits per heavy atom. The fraction of sp³-hybridized carbons (Fsp3) is 0.600. The Morgan fingerprint density at radius 1 is 1.55 bits per heavy atom. The van der Waals surface area contributed by atoms with E-state index in [0.29, 0.717) is 18.7 Å². The molecule has 1 aliphatic rings. The van der Waals surface area contributed by atoms with Crippen molar-refractivity contribution in [3.63, 3.8) is 0 Å². The van der Waals surface area contributed by atoms with Gasteiger partial charge in [-0.1, -0.05) is 0 Å². The molecule has 1 aromatic heterocycles. The Bertz CT molecular complexity index is 485. The number of likely N-dealkylation sites (tertiary alicyclic amines) is 1. The van der Waals surface area contributed by atoms with Gasteiger partial charge in [-0.3, -0.25) is 4.98 Å². The minimum atomic E-state index is -0.513. The highest BCUT2D eigenvalue weighted by Crippen LogP contribution is 2.23. The Labute approximate surface area is 118 Å². The summed E-state index contributed by atoms with van der Waals surface area (Å²) in [6.45, 7) is 6.19. The van der Waals surface area contributed by atoms with Gasteiger partial charge in [0.25, 0.3) is 0 Å². The lowest BCUT2D eigenvalue weighted by molar-refractivity contribution is 0.0225. The molecule has 1 saturated heterocycles. The maximum absolute atomic E-state index is 13.6. The molecule has 5 heteroatoms. The van der Waals surface area contributed by atoms with Gasteiger partial charge in [0.05, 0.1) is 5.69 Å². The first kappa shape index (κ1) is 14.8. The lowest BCUT2D eigenvalue weighted by Crippen LogP contribution is -2.40. The number of aromatic nitrogens is 1. The number of carbonyl (C=O) groups is 1. The summed E-state index contributed by atoms with van der Waals surface area (Å²) in [5.41, 5.74) is -0.103. The number of amides is 1. The van der Waals surface area contributed by atoms with Crippen molar-refractivity contribution in [3.8, 4) is 0 Å². The molecule has 2 rings (SSSR count). The molecule has 4 nitrogen and oxygen atoms in total. The molecule has 1 atom stereocenters. The number of carbonyl (C=O) groups excluding carboxylic acids is 1. The number of rotatable bonds is 2. The van der Waals surface area contributed by atoms with E-state index < -0.39 is 5.60 Å². The molecule has 1 aromatic rings. The van der Waals surface area contributed by atoms with Crippen molar-refractivity contribution in [3.05, 3.63) is 29.8 Å². The predicted molar refractivity (Wildman–Crippen MR) is 73.9 cm³/mol. The van der Waals surface area contributed by atoms with Crippen molar-refractivity contribution in [2.75, 3.05) is 6.54 Å². The summed E-state index contributed by atoms with van der Waals surface area (Å²) < 4.78 is 19.0. The van der Waals surface area contributed by atoms with Gasteiger partial charge in [-0.25, -0.2) is 9.18 Å². The average molecular weight is 280 g/mol. The lowest BCUT2D eigenvalue weighted by Gasteiger charge is -2.28. The zero-order valence-electron chi connectivity index (χ0n) is 12.2. The number of hydrogen-bond donors (Lipinski definition) is 0. The molecule has 20 heavy (non-hydrogen) atoms. The smallest absolute Gasteiger partial charge is 0.410 e. The van der Waals surface area contributed by atoms with E-state index >= 15 is 0 Å². The van der Waals surface area contributed by atoms with Gasteiger partial charge in [0, 0.05) is 25.2 Å². The van der Waals surface area contributed by atoms with Gasteiger partial charge in [-0.15, -0.1) is 0 Å².